The van der Waals surface area contributed by atoms with Crippen molar-refractivity contribution in [2.75, 3.05) is 65.4 Å². The van der Waals surface area contributed by atoms with E-state index >= 15 is 0 Å². The van der Waals surface area contributed by atoms with Gasteiger partial charge in [-0.25, -0.2) is 0 Å². The van der Waals surface area contributed by atoms with Crippen LogP contribution < -0.4 is 14.4 Å². The van der Waals surface area contributed by atoms with Gasteiger partial charge in [-0.3, -0.25) is 9.69 Å². The molecule has 4 aromatic rings. The van der Waals surface area contributed by atoms with Gasteiger partial charge in [0.2, 0.25) is 0 Å². The Morgan fingerprint density at radius 3 is 2.06 bits per heavy atom. The Hall–Kier alpha value is -4.33. The van der Waals surface area contributed by atoms with E-state index in [0.29, 0.717) is 18.0 Å². The van der Waals surface area contributed by atoms with Crippen LogP contribution in [0.4, 0.5) is 5.69 Å². The lowest BCUT2D eigenvalue weighted by atomic mass is 9.99. The summed E-state index contributed by atoms with van der Waals surface area (Å²) < 4.78 is 12.4. The number of rotatable bonds is 14. The van der Waals surface area contributed by atoms with Gasteiger partial charge in [-0.2, -0.15) is 0 Å². The zero-order chi connectivity index (χ0) is 33.5. The molecule has 7 heteroatoms. The molecule has 2 heterocycles. The molecule has 2 aliphatic rings. The summed E-state index contributed by atoms with van der Waals surface area (Å²) in [6.45, 7) is 11.0. The van der Waals surface area contributed by atoms with E-state index in [0.717, 1.165) is 86.4 Å². The first-order valence-corrected chi connectivity index (χ1v) is 17.4. The minimum Gasteiger partial charge on any atom is -0.493 e. The number of methoxy groups -OCH3 is 2. The van der Waals surface area contributed by atoms with Crippen LogP contribution in [0.15, 0.2) is 97.1 Å². The van der Waals surface area contributed by atoms with E-state index in [4.69, 9.17) is 9.47 Å². The summed E-state index contributed by atoms with van der Waals surface area (Å²) in [7, 11) is 5.69. The number of likely N-dealkylation sites (N-methyl/N-ethyl adjacent to an activating group) is 1. The summed E-state index contributed by atoms with van der Waals surface area (Å²) in [4.78, 5) is 21.4. The molecule has 252 valence electrons. The van der Waals surface area contributed by atoms with Gasteiger partial charge in [-0.15, -0.1) is 0 Å². The monoisotopic (exact) mass is 647 g/mol. The standard InChI is InChI=1S/C41H51N4O3/c1-5-45(2)26-24-43(25-27-45)38-19-12-18-35-36(38)31-44(41(35)46)37(34-21-22-39(47-3)40(28-34)48-4)20-13-23-42(29-32-14-8-6-9-15-32)30-33-16-10-7-11-17-33/h6-12,14-19,21-22,28,37H,5,13,20,23-27,29-31H2,1-4H3/q+1. The number of piperazine rings is 1. The lowest BCUT2D eigenvalue weighted by Crippen LogP contribution is -2.57. The molecule has 48 heavy (non-hydrogen) atoms. The Morgan fingerprint density at radius 1 is 0.812 bits per heavy atom. The Balaban J connectivity index is 1.25. The molecule has 1 fully saturated rings. The van der Waals surface area contributed by atoms with Crippen molar-refractivity contribution in [1.82, 2.24) is 9.80 Å². The molecule has 0 N–H and O–H groups in total. The largest absolute Gasteiger partial charge is 0.493 e. The predicted molar refractivity (Wildman–Crippen MR) is 194 cm³/mol. The molecule has 1 amide bonds. The number of fused-ring (bicyclic) bond motifs is 1. The van der Waals surface area contributed by atoms with Gasteiger partial charge >= 0.3 is 0 Å². The highest BCUT2D eigenvalue weighted by Gasteiger charge is 2.37. The molecule has 0 bridgehead atoms. The number of hydrogen-bond acceptors (Lipinski definition) is 5. The minimum atomic E-state index is -0.103. The van der Waals surface area contributed by atoms with Crippen LogP contribution in [0.2, 0.25) is 0 Å². The molecule has 0 saturated carbocycles. The zero-order valence-corrected chi connectivity index (χ0v) is 29.1. The van der Waals surface area contributed by atoms with E-state index in [1.807, 2.05) is 12.1 Å². The van der Waals surface area contributed by atoms with Crippen LogP contribution >= 0.6 is 0 Å². The van der Waals surface area contributed by atoms with E-state index in [2.05, 4.69) is 114 Å². The van der Waals surface area contributed by atoms with Crippen molar-refractivity contribution in [2.24, 2.45) is 0 Å². The Labute approximate surface area is 286 Å². The summed E-state index contributed by atoms with van der Waals surface area (Å²) in [5.41, 5.74) is 6.90. The zero-order valence-electron chi connectivity index (χ0n) is 29.1. The summed E-state index contributed by atoms with van der Waals surface area (Å²) in [6, 6.07) is 33.7. The molecular weight excluding hydrogens is 596 g/mol. The third-order valence-corrected chi connectivity index (χ3v) is 10.5. The third-order valence-electron chi connectivity index (χ3n) is 10.5. The Kier molecular flexibility index (Phi) is 10.7. The highest BCUT2D eigenvalue weighted by Crippen LogP contribution is 2.40. The first-order valence-electron chi connectivity index (χ1n) is 17.4. The van der Waals surface area contributed by atoms with Crippen molar-refractivity contribution in [2.45, 2.75) is 45.4 Å². The SMILES string of the molecule is CC[N+]1(C)CCN(c2cccc3c2CN(C(CCCN(Cc2ccccc2)Cc2ccccc2)c2ccc(OC)c(OC)c2)C3=O)CC1. The van der Waals surface area contributed by atoms with Crippen molar-refractivity contribution < 1.29 is 18.8 Å². The number of ether oxygens (including phenoxy) is 2. The van der Waals surface area contributed by atoms with Crippen molar-refractivity contribution >= 4 is 11.6 Å². The van der Waals surface area contributed by atoms with Crippen LogP contribution in [0.3, 0.4) is 0 Å². The Morgan fingerprint density at radius 2 is 1.46 bits per heavy atom. The Bertz CT molecular complexity index is 1610. The molecule has 0 aromatic heterocycles. The van der Waals surface area contributed by atoms with Crippen molar-refractivity contribution in [3.8, 4) is 11.5 Å². The second kappa shape index (κ2) is 15.3. The van der Waals surface area contributed by atoms with Gasteiger partial charge in [0.05, 0.1) is 60.0 Å². The van der Waals surface area contributed by atoms with Crippen LogP contribution in [0.1, 0.15) is 58.4 Å². The summed E-state index contributed by atoms with van der Waals surface area (Å²) in [6.07, 6.45) is 1.77. The normalized spacial score (nSPS) is 16.2. The number of hydrogen-bond donors (Lipinski definition) is 0. The summed E-state index contributed by atoms with van der Waals surface area (Å²) >= 11 is 0. The van der Waals surface area contributed by atoms with Gasteiger partial charge in [0, 0.05) is 36.4 Å². The molecule has 4 aromatic carbocycles. The maximum atomic E-state index is 14.3. The second-order valence-electron chi connectivity index (χ2n) is 13.6. The summed E-state index contributed by atoms with van der Waals surface area (Å²) in [5.74, 6) is 1.49. The quantitative estimate of drug-likeness (QED) is 0.136. The van der Waals surface area contributed by atoms with Gasteiger partial charge in [0.15, 0.2) is 11.5 Å². The smallest absolute Gasteiger partial charge is 0.255 e. The van der Waals surface area contributed by atoms with Gasteiger partial charge in [-0.1, -0.05) is 72.8 Å². The number of carbonyl (C=O) groups is 1. The fourth-order valence-corrected chi connectivity index (χ4v) is 7.36. The molecule has 0 aliphatic carbocycles. The second-order valence-corrected chi connectivity index (χ2v) is 13.6. The van der Waals surface area contributed by atoms with E-state index in [-0.39, 0.29) is 11.9 Å². The van der Waals surface area contributed by atoms with E-state index in [9.17, 15) is 4.79 Å². The average Bonchev–Trinajstić information content (AvgIpc) is 3.46. The van der Waals surface area contributed by atoms with Crippen LogP contribution in [0, 0.1) is 0 Å². The maximum absolute atomic E-state index is 14.3. The third kappa shape index (κ3) is 7.53. The molecule has 1 unspecified atom stereocenters. The highest BCUT2D eigenvalue weighted by atomic mass is 16.5. The van der Waals surface area contributed by atoms with Crippen LogP contribution in [-0.4, -0.2) is 80.7 Å². The summed E-state index contributed by atoms with van der Waals surface area (Å²) in [5, 5.41) is 0. The number of anilines is 1. The minimum absolute atomic E-state index is 0.103. The van der Waals surface area contributed by atoms with Crippen LogP contribution in [0.25, 0.3) is 0 Å². The van der Waals surface area contributed by atoms with Crippen molar-refractivity contribution in [3.63, 3.8) is 0 Å². The van der Waals surface area contributed by atoms with Gasteiger partial charge in [0.25, 0.3) is 5.91 Å². The molecule has 1 atom stereocenters. The van der Waals surface area contributed by atoms with Gasteiger partial charge in [-0.05, 0) is 67.3 Å². The average molecular weight is 648 g/mol. The maximum Gasteiger partial charge on any atom is 0.255 e. The predicted octanol–water partition coefficient (Wildman–Crippen LogP) is 7.17. The highest BCUT2D eigenvalue weighted by molar-refractivity contribution is 6.00. The van der Waals surface area contributed by atoms with Crippen molar-refractivity contribution in [3.05, 3.63) is 125 Å². The first-order chi connectivity index (χ1) is 23.4. The topological polar surface area (TPSA) is 45.2 Å². The molecule has 2 aliphatic heterocycles. The number of quaternary nitrogens is 1. The fraction of sp³-hybridized carbons (Fsp3) is 0.390. The number of amides is 1. The molecular formula is C41H51N4O3+. The van der Waals surface area contributed by atoms with Gasteiger partial charge in [0.1, 0.15) is 0 Å². The molecule has 6 rings (SSSR count). The molecule has 7 nitrogen and oxygen atoms in total. The van der Waals surface area contributed by atoms with Gasteiger partial charge < -0.3 is 23.8 Å². The first kappa shape index (κ1) is 33.6. The van der Waals surface area contributed by atoms with Crippen LogP contribution in [-0.2, 0) is 19.6 Å². The van der Waals surface area contributed by atoms with Crippen molar-refractivity contribution in [1.29, 1.82) is 0 Å². The number of carbonyl (C=O) groups excluding carboxylic acids is 1. The molecule has 0 radical (unpaired) electrons. The number of benzene rings is 4. The van der Waals surface area contributed by atoms with E-state index < -0.39 is 0 Å². The van der Waals surface area contributed by atoms with Crippen LogP contribution in [0.5, 0.6) is 11.5 Å². The van der Waals surface area contributed by atoms with E-state index in [1.165, 1.54) is 16.8 Å². The molecule has 1 saturated heterocycles. The molecule has 0 spiro atoms. The fourth-order valence-electron chi connectivity index (χ4n) is 7.36. The lowest BCUT2D eigenvalue weighted by Gasteiger charge is -2.42. The number of nitrogens with zero attached hydrogens (tertiary/aromatic N) is 4. The van der Waals surface area contributed by atoms with E-state index in [1.54, 1.807) is 14.2 Å². The lowest BCUT2D eigenvalue weighted by molar-refractivity contribution is -0.908.